The quantitative estimate of drug-likeness (QED) is 0.796. The first-order valence-corrected chi connectivity index (χ1v) is 9.24. The smallest absolute Gasteiger partial charge is 0.250 e. The van der Waals surface area contributed by atoms with Crippen molar-refractivity contribution in [1.82, 2.24) is 5.32 Å². The third-order valence-electron chi connectivity index (χ3n) is 4.51. The van der Waals surface area contributed by atoms with Gasteiger partial charge < -0.3 is 15.4 Å². The molecular formula is C20H30N2O3. The van der Waals surface area contributed by atoms with Crippen LogP contribution in [-0.4, -0.2) is 30.6 Å². The normalized spacial score (nSPS) is 20.3. The summed E-state index contributed by atoms with van der Waals surface area (Å²) >= 11 is 0. The van der Waals surface area contributed by atoms with Crippen LogP contribution < -0.4 is 10.6 Å². The lowest BCUT2D eigenvalue weighted by atomic mass is 9.88. The first-order valence-electron chi connectivity index (χ1n) is 9.24. The van der Waals surface area contributed by atoms with Gasteiger partial charge in [-0.05, 0) is 50.3 Å². The van der Waals surface area contributed by atoms with Crippen molar-refractivity contribution in [1.29, 1.82) is 0 Å². The van der Waals surface area contributed by atoms with Crippen LogP contribution >= 0.6 is 0 Å². The predicted octanol–water partition coefficient (Wildman–Crippen LogP) is 3.29. The summed E-state index contributed by atoms with van der Waals surface area (Å²) in [4.78, 5) is 23.8. The minimum absolute atomic E-state index is 0.00165. The topological polar surface area (TPSA) is 67.4 Å². The monoisotopic (exact) mass is 346 g/mol. The Labute approximate surface area is 150 Å². The lowest BCUT2D eigenvalue weighted by molar-refractivity contribution is -0.124. The number of hydrogen-bond donors (Lipinski definition) is 2. The number of benzene rings is 1. The largest absolute Gasteiger partial charge is 0.368 e. The molecule has 2 rings (SSSR count). The molecule has 0 aliphatic heterocycles. The summed E-state index contributed by atoms with van der Waals surface area (Å²) in [5.41, 5.74) is 1.64. The second kappa shape index (κ2) is 9.56. The summed E-state index contributed by atoms with van der Waals surface area (Å²) in [6, 6.07) is 7.50. The van der Waals surface area contributed by atoms with Crippen LogP contribution in [0.5, 0.6) is 0 Å². The molecule has 1 aliphatic carbocycles. The molecule has 1 fully saturated rings. The van der Waals surface area contributed by atoms with Gasteiger partial charge in [0.2, 0.25) is 11.8 Å². The molecule has 0 radical (unpaired) electrons. The fourth-order valence-corrected chi connectivity index (χ4v) is 3.17. The van der Waals surface area contributed by atoms with E-state index in [0.29, 0.717) is 12.3 Å². The minimum Gasteiger partial charge on any atom is -0.368 e. The molecule has 2 amide bonds. The first kappa shape index (κ1) is 19.4. The van der Waals surface area contributed by atoms with E-state index >= 15 is 0 Å². The van der Waals surface area contributed by atoms with E-state index in [1.807, 2.05) is 38.1 Å². The van der Waals surface area contributed by atoms with E-state index < -0.39 is 0 Å². The maximum absolute atomic E-state index is 12.0. The lowest BCUT2D eigenvalue weighted by Gasteiger charge is -2.28. The number of ether oxygens (including phenoxy) is 1. The summed E-state index contributed by atoms with van der Waals surface area (Å²) in [5.74, 6) is 0.391. The van der Waals surface area contributed by atoms with Crippen molar-refractivity contribution in [2.75, 3.05) is 11.9 Å². The van der Waals surface area contributed by atoms with E-state index in [2.05, 4.69) is 17.6 Å². The van der Waals surface area contributed by atoms with E-state index in [1.54, 1.807) is 0 Å². The van der Waals surface area contributed by atoms with Crippen LogP contribution in [0.3, 0.4) is 0 Å². The number of anilines is 1. The molecule has 5 heteroatoms. The van der Waals surface area contributed by atoms with Crippen LogP contribution in [0, 0.1) is 5.92 Å². The highest BCUT2D eigenvalue weighted by atomic mass is 16.5. The standard InChI is InChI=1S/C20H30N2O3/c1-14(2)21-19(23)12-16-8-10-17(11-9-16)22-20(24)13-25-18-7-5-4-6-15(18)3/h8-11,14-15,18H,4-7,12-13H2,1-3H3,(H,21,23)(H,22,24). The second-order valence-electron chi connectivity index (χ2n) is 7.26. The zero-order valence-corrected chi connectivity index (χ0v) is 15.5. The molecule has 25 heavy (non-hydrogen) atoms. The van der Waals surface area contributed by atoms with Crippen LogP contribution in [0.1, 0.15) is 52.0 Å². The molecular weight excluding hydrogens is 316 g/mol. The molecule has 0 spiro atoms. The van der Waals surface area contributed by atoms with Gasteiger partial charge in [-0.1, -0.05) is 31.9 Å². The predicted molar refractivity (Wildman–Crippen MR) is 99.4 cm³/mol. The number of amides is 2. The van der Waals surface area contributed by atoms with Crippen molar-refractivity contribution in [2.24, 2.45) is 5.92 Å². The van der Waals surface area contributed by atoms with Gasteiger partial charge in [-0.15, -0.1) is 0 Å². The third kappa shape index (κ3) is 6.86. The van der Waals surface area contributed by atoms with Crippen molar-refractivity contribution in [3.05, 3.63) is 29.8 Å². The molecule has 0 bridgehead atoms. The van der Waals surface area contributed by atoms with Gasteiger partial charge in [0.15, 0.2) is 0 Å². The first-order chi connectivity index (χ1) is 11.9. The Morgan fingerprint density at radius 3 is 2.44 bits per heavy atom. The molecule has 0 saturated heterocycles. The maximum Gasteiger partial charge on any atom is 0.250 e. The molecule has 138 valence electrons. The van der Waals surface area contributed by atoms with E-state index in [1.165, 1.54) is 19.3 Å². The van der Waals surface area contributed by atoms with Gasteiger partial charge in [0, 0.05) is 11.7 Å². The van der Waals surface area contributed by atoms with Crippen molar-refractivity contribution >= 4 is 17.5 Å². The molecule has 1 aliphatic rings. The number of hydrogen-bond acceptors (Lipinski definition) is 3. The summed E-state index contributed by atoms with van der Waals surface area (Å²) in [6.45, 7) is 6.16. The number of rotatable bonds is 7. The summed E-state index contributed by atoms with van der Waals surface area (Å²) < 4.78 is 5.78. The fourth-order valence-electron chi connectivity index (χ4n) is 3.17. The highest BCUT2D eigenvalue weighted by Gasteiger charge is 2.22. The third-order valence-corrected chi connectivity index (χ3v) is 4.51. The van der Waals surface area contributed by atoms with Gasteiger partial charge in [0.1, 0.15) is 6.61 Å². The number of carbonyl (C=O) groups excluding carboxylic acids is 2. The van der Waals surface area contributed by atoms with Crippen LogP contribution in [-0.2, 0) is 20.7 Å². The highest BCUT2D eigenvalue weighted by molar-refractivity contribution is 5.91. The summed E-state index contributed by atoms with van der Waals surface area (Å²) in [6.07, 6.45) is 5.20. The van der Waals surface area contributed by atoms with Crippen molar-refractivity contribution < 1.29 is 14.3 Å². The van der Waals surface area contributed by atoms with Gasteiger partial charge in [0.25, 0.3) is 0 Å². The van der Waals surface area contributed by atoms with Crippen molar-refractivity contribution in [3.8, 4) is 0 Å². The zero-order valence-electron chi connectivity index (χ0n) is 15.5. The Balaban J connectivity index is 1.76. The highest BCUT2D eigenvalue weighted by Crippen LogP contribution is 2.26. The van der Waals surface area contributed by atoms with Crippen LogP contribution in [0.15, 0.2) is 24.3 Å². The van der Waals surface area contributed by atoms with Gasteiger partial charge in [0.05, 0.1) is 12.5 Å². The number of carbonyl (C=O) groups is 2. The Morgan fingerprint density at radius 1 is 1.12 bits per heavy atom. The molecule has 1 aromatic carbocycles. The summed E-state index contributed by atoms with van der Waals surface area (Å²) in [5, 5.41) is 5.71. The Bertz CT molecular complexity index is 569. The molecule has 1 saturated carbocycles. The second-order valence-corrected chi connectivity index (χ2v) is 7.26. The molecule has 0 aromatic heterocycles. The molecule has 1 aromatic rings. The summed E-state index contributed by atoms with van der Waals surface area (Å²) in [7, 11) is 0. The van der Waals surface area contributed by atoms with Gasteiger partial charge in [-0.3, -0.25) is 9.59 Å². The van der Waals surface area contributed by atoms with E-state index in [0.717, 1.165) is 17.7 Å². The SMILES string of the molecule is CC(C)NC(=O)Cc1ccc(NC(=O)COC2CCCCC2C)cc1. The van der Waals surface area contributed by atoms with Gasteiger partial charge in [-0.2, -0.15) is 0 Å². The average Bonchev–Trinajstić information content (AvgIpc) is 2.55. The average molecular weight is 346 g/mol. The molecule has 2 N–H and O–H groups in total. The zero-order chi connectivity index (χ0) is 18.2. The minimum atomic E-state index is -0.136. The van der Waals surface area contributed by atoms with E-state index in [9.17, 15) is 9.59 Å². The van der Waals surface area contributed by atoms with E-state index in [-0.39, 0.29) is 30.6 Å². The lowest BCUT2D eigenvalue weighted by Crippen LogP contribution is -2.31. The van der Waals surface area contributed by atoms with Crippen LogP contribution in [0.25, 0.3) is 0 Å². The molecule has 2 unspecified atom stereocenters. The van der Waals surface area contributed by atoms with Gasteiger partial charge >= 0.3 is 0 Å². The van der Waals surface area contributed by atoms with Crippen LogP contribution in [0.2, 0.25) is 0 Å². The van der Waals surface area contributed by atoms with Crippen LogP contribution in [0.4, 0.5) is 5.69 Å². The van der Waals surface area contributed by atoms with Gasteiger partial charge in [-0.25, -0.2) is 0 Å². The molecule has 5 nitrogen and oxygen atoms in total. The maximum atomic E-state index is 12.0. The Hall–Kier alpha value is -1.88. The Morgan fingerprint density at radius 2 is 1.80 bits per heavy atom. The number of nitrogens with one attached hydrogen (secondary N) is 2. The van der Waals surface area contributed by atoms with Crippen molar-refractivity contribution in [3.63, 3.8) is 0 Å². The Kier molecular flexibility index (Phi) is 7.44. The fraction of sp³-hybridized carbons (Fsp3) is 0.600. The van der Waals surface area contributed by atoms with E-state index in [4.69, 9.17) is 4.74 Å². The van der Waals surface area contributed by atoms with Crippen molar-refractivity contribution in [2.45, 2.75) is 65.0 Å². The molecule has 2 atom stereocenters. The molecule has 0 heterocycles.